The maximum atomic E-state index is 12.9. The summed E-state index contributed by atoms with van der Waals surface area (Å²) < 4.78 is 36.7. The summed E-state index contributed by atoms with van der Waals surface area (Å²) in [6, 6.07) is 3.21. The lowest BCUT2D eigenvalue weighted by molar-refractivity contribution is -0.385. The standard InChI is InChI=1S/C15H22N2O7S/c1-5-24-15(18)10-16(9-11(2)3)25(21,22)14-7-6-12(17(19)20)8-13(14)23-4/h6-8,11H,5,9-10H2,1-4H3. The second kappa shape index (κ2) is 8.77. The summed E-state index contributed by atoms with van der Waals surface area (Å²) in [5, 5.41) is 10.9. The molecule has 0 heterocycles. The van der Waals surface area contributed by atoms with E-state index in [1.165, 1.54) is 7.11 Å². The minimum atomic E-state index is -4.11. The van der Waals surface area contributed by atoms with Crippen LogP contribution >= 0.6 is 0 Å². The van der Waals surface area contributed by atoms with Crippen LogP contribution in [0.3, 0.4) is 0 Å². The van der Waals surface area contributed by atoms with Gasteiger partial charge in [0.2, 0.25) is 10.0 Å². The van der Waals surface area contributed by atoms with Gasteiger partial charge in [-0.3, -0.25) is 14.9 Å². The van der Waals surface area contributed by atoms with Gasteiger partial charge in [-0.05, 0) is 18.9 Å². The van der Waals surface area contributed by atoms with Crippen molar-refractivity contribution in [3.8, 4) is 5.75 Å². The zero-order valence-electron chi connectivity index (χ0n) is 14.6. The molecule has 25 heavy (non-hydrogen) atoms. The monoisotopic (exact) mass is 374 g/mol. The van der Waals surface area contributed by atoms with Gasteiger partial charge in [-0.1, -0.05) is 13.8 Å². The molecule has 1 aromatic carbocycles. The molecule has 0 aliphatic heterocycles. The van der Waals surface area contributed by atoms with Crippen LogP contribution in [0.2, 0.25) is 0 Å². The van der Waals surface area contributed by atoms with E-state index in [4.69, 9.17) is 9.47 Å². The number of nitrogens with zero attached hydrogens (tertiary/aromatic N) is 2. The molecule has 140 valence electrons. The average Bonchev–Trinajstić information content (AvgIpc) is 2.53. The Bertz CT molecular complexity index is 731. The molecule has 0 bridgehead atoms. The highest BCUT2D eigenvalue weighted by molar-refractivity contribution is 7.89. The number of ether oxygens (including phenoxy) is 2. The van der Waals surface area contributed by atoms with Crippen molar-refractivity contribution in [2.45, 2.75) is 25.7 Å². The van der Waals surface area contributed by atoms with Gasteiger partial charge in [0.05, 0.1) is 24.7 Å². The van der Waals surface area contributed by atoms with Crippen molar-refractivity contribution in [1.29, 1.82) is 0 Å². The fourth-order valence-corrected chi connectivity index (χ4v) is 3.81. The van der Waals surface area contributed by atoms with Crippen LogP contribution in [0.15, 0.2) is 23.1 Å². The molecule has 1 aromatic rings. The van der Waals surface area contributed by atoms with E-state index in [1.54, 1.807) is 20.8 Å². The van der Waals surface area contributed by atoms with E-state index in [1.807, 2.05) is 0 Å². The molecule has 0 N–H and O–H groups in total. The first kappa shape index (κ1) is 20.8. The predicted octanol–water partition coefficient (Wildman–Crippen LogP) is 1.81. The molecule has 0 saturated heterocycles. The Kier molecular flexibility index (Phi) is 7.31. The highest BCUT2D eigenvalue weighted by Gasteiger charge is 2.31. The first-order valence-electron chi connectivity index (χ1n) is 7.61. The van der Waals surface area contributed by atoms with Crippen molar-refractivity contribution >= 4 is 21.7 Å². The molecule has 0 unspecified atom stereocenters. The van der Waals surface area contributed by atoms with E-state index in [2.05, 4.69) is 0 Å². The SMILES string of the molecule is CCOC(=O)CN(CC(C)C)S(=O)(=O)c1ccc([N+](=O)[O-])cc1OC. The van der Waals surface area contributed by atoms with E-state index in [9.17, 15) is 23.3 Å². The molecule has 0 atom stereocenters. The van der Waals surface area contributed by atoms with Crippen LogP contribution in [0.25, 0.3) is 0 Å². The Morgan fingerprint density at radius 2 is 2.00 bits per heavy atom. The summed E-state index contributed by atoms with van der Waals surface area (Å²) >= 11 is 0. The third kappa shape index (κ3) is 5.40. The molecule has 0 aliphatic rings. The Hall–Kier alpha value is -2.20. The zero-order valence-corrected chi connectivity index (χ0v) is 15.4. The Labute approximate surface area is 146 Å². The number of non-ortho nitro benzene ring substituents is 1. The van der Waals surface area contributed by atoms with E-state index < -0.39 is 27.5 Å². The zero-order chi connectivity index (χ0) is 19.2. The van der Waals surface area contributed by atoms with Crippen LogP contribution in [0.4, 0.5) is 5.69 Å². The maximum absolute atomic E-state index is 12.9. The van der Waals surface area contributed by atoms with E-state index in [0.717, 1.165) is 22.5 Å². The Morgan fingerprint density at radius 3 is 2.48 bits per heavy atom. The lowest BCUT2D eigenvalue weighted by Gasteiger charge is -2.23. The van der Waals surface area contributed by atoms with Gasteiger partial charge in [-0.15, -0.1) is 0 Å². The van der Waals surface area contributed by atoms with Crippen molar-refractivity contribution in [1.82, 2.24) is 4.31 Å². The minimum Gasteiger partial charge on any atom is -0.495 e. The second-order valence-electron chi connectivity index (χ2n) is 5.59. The summed E-state index contributed by atoms with van der Waals surface area (Å²) in [6.07, 6.45) is 0. The average molecular weight is 374 g/mol. The Morgan fingerprint density at radius 1 is 1.36 bits per heavy atom. The number of nitro groups is 1. The van der Waals surface area contributed by atoms with Crippen LogP contribution in [-0.2, 0) is 19.6 Å². The van der Waals surface area contributed by atoms with E-state index in [0.29, 0.717) is 0 Å². The molecule has 0 spiro atoms. The van der Waals surface area contributed by atoms with Crippen molar-refractivity contribution < 1.29 is 27.6 Å². The largest absolute Gasteiger partial charge is 0.495 e. The predicted molar refractivity (Wildman–Crippen MR) is 89.9 cm³/mol. The van der Waals surface area contributed by atoms with Crippen LogP contribution in [0, 0.1) is 16.0 Å². The molecular weight excluding hydrogens is 352 g/mol. The van der Waals surface area contributed by atoms with Gasteiger partial charge in [0.1, 0.15) is 17.2 Å². The van der Waals surface area contributed by atoms with Crippen molar-refractivity contribution in [2.24, 2.45) is 5.92 Å². The molecule has 0 saturated carbocycles. The number of hydrogen-bond donors (Lipinski definition) is 0. The summed E-state index contributed by atoms with van der Waals surface area (Å²) in [4.78, 5) is 21.7. The van der Waals surface area contributed by atoms with Crippen LogP contribution in [0.1, 0.15) is 20.8 Å². The second-order valence-corrected chi connectivity index (χ2v) is 7.50. The molecule has 0 aliphatic carbocycles. The van der Waals surface area contributed by atoms with Gasteiger partial charge in [-0.25, -0.2) is 8.42 Å². The third-order valence-electron chi connectivity index (χ3n) is 3.16. The summed E-state index contributed by atoms with van der Waals surface area (Å²) in [6.45, 7) is 5.01. The van der Waals surface area contributed by atoms with Crippen LogP contribution in [0.5, 0.6) is 5.75 Å². The normalized spacial score (nSPS) is 11.6. The number of carbonyl (C=O) groups is 1. The number of esters is 1. The molecule has 0 radical (unpaired) electrons. The fourth-order valence-electron chi connectivity index (χ4n) is 2.13. The summed E-state index contributed by atoms with van der Waals surface area (Å²) in [5.41, 5.74) is -0.295. The molecular formula is C15H22N2O7S. The number of carbonyl (C=O) groups excluding carboxylic acids is 1. The molecule has 0 aromatic heterocycles. The smallest absolute Gasteiger partial charge is 0.321 e. The van der Waals surface area contributed by atoms with Crippen LogP contribution < -0.4 is 4.74 Å². The number of benzene rings is 1. The number of sulfonamides is 1. The van der Waals surface area contributed by atoms with Gasteiger partial charge >= 0.3 is 5.97 Å². The van der Waals surface area contributed by atoms with Crippen molar-refractivity contribution in [2.75, 3.05) is 26.8 Å². The minimum absolute atomic E-state index is 0.0479. The first-order chi connectivity index (χ1) is 11.6. The lowest BCUT2D eigenvalue weighted by Crippen LogP contribution is -2.39. The van der Waals surface area contributed by atoms with Gasteiger partial charge < -0.3 is 9.47 Å². The van der Waals surface area contributed by atoms with Gasteiger partial charge in [0.25, 0.3) is 5.69 Å². The molecule has 1 rings (SSSR count). The number of methoxy groups -OCH3 is 1. The van der Waals surface area contributed by atoms with Crippen molar-refractivity contribution in [3.63, 3.8) is 0 Å². The van der Waals surface area contributed by atoms with E-state index in [-0.39, 0.29) is 35.4 Å². The first-order valence-corrected chi connectivity index (χ1v) is 9.05. The summed E-state index contributed by atoms with van der Waals surface area (Å²) in [5.74, 6) is -0.882. The highest BCUT2D eigenvalue weighted by Crippen LogP contribution is 2.30. The molecule has 0 fully saturated rings. The lowest BCUT2D eigenvalue weighted by atomic mass is 10.2. The quantitative estimate of drug-likeness (QED) is 0.368. The van der Waals surface area contributed by atoms with Gasteiger partial charge in [0.15, 0.2) is 0 Å². The summed E-state index contributed by atoms with van der Waals surface area (Å²) in [7, 11) is -2.89. The number of rotatable bonds is 9. The number of hydrogen-bond acceptors (Lipinski definition) is 7. The van der Waals surface area contributed by atoms with Crippen LogP contribution in [-0.4, -0.2) is 50.4 Å². The highest BCUT2D eigenvalue weighted by atomic mass is 32.2. The third-order valence-corrected chi connectivity index (χ3v) is 5.01. The van der Waals surface area contributed by atoms with Crippen molar-refractivity contribution in [3.05, 3.63) is 28.3 Å². The molecule has 10 heteroatoms. The fraction of sp³-hybridized carbons (Fsp3) is 0.533. The molecule has 9 nitrogen and oxygen atoms in total. The molecule has 0 amide bonds. The van der Waals surface area contributed by atoms with E-state index >= 15 is 0 Å². The topological polar surface area (TPSA) is 116 Å². The van der Waals surface area contributed by atoms with Gasteiger partial charge in [0, 0.05) is 12.6 Å². The van der Waals surface area contributed by atoms with Gasteiger partial charge in [-0.2, -0.15) is 4.31 Å². The maximum Gasteiger partial charge on any atom is 0.321 e. The Balaban J connectivity index is 3.32. The number of nitro benzene ring substituents is 1.